The predicted molar refractivity (Wildman–Crippen MR) is 66.9 cm³/mol. The van der Waals surface area contributed by atoms with Gasteiger partial charge in [-0.15, -0.1) is 0 Å². The Hall–Kier alpha value is -1.40. The Balaban J connectivity index is 2.14. The van der Waals surface area contributed by atoms with Crippen molar-refractivity contribution < 1.29 is 9.59 Å². The van der Waals surface area contributed by atoms with Crippen LogP contribution >= 0.6 is 15.9 Å². The Kier molecular flexibility index (Phi) is 2.41. The van der Waals surface area contributed by atoms with Gasteiger partial charge in [-0.3, -0.25) is 14.5 Å². The normalized spacial score (nSPS) is 22.9. The van der Waals surface area contributed by atoms with E-state index in [0.717, 1.165) is 10.2 Å². The summed E-state index contributed by atoms with van der Waals surface area (Å²) < 4.78 is 0.887. The number of nitrogens with zero attached hydrogens (tertiary/aromatic N) is 1. The van der Waals surface area contributed by atoms with Crippen molar-refractivity contribution in [2.24, 2.45) is 0 Å². The molecule has 3 rings (SSSR count). The summed E-state index contributed by atoms with van der Waals surface area (Å²) in [7, 11) is 0. The first-order valence-electron chi connectivity index (χ1n) is 5.30. The van der Waals surface area contributed by atoms with Crippen LogP contribution in [0, 0.1) is 0 Å². The first kappa shape index (κ1) is 10.7. The summed E-state index contributed by atoms with van der Waals surface area (Å²) in [6.07, 6.45) is 0. The molecule has 2 heterocycles. The Morgan fingerprint density at radius 2 is 2.18 bits per heavy atom. The fraction of sp³-hybridized carbons (Fsp3) is 0.273. The van der Waals surface area contributed by atoms with E-state index < -0.39 is 6.04 Å². The zero-order chi connectivity index (χ0) is 12.0. The van der Waals surface area contributed by atoms with Gasteiger partial charge in [0.2, 0.25) is 11.8 Å². The van der Waals surface area contributed by atoms with Crippen molar-refractivity contribution in [3.63, 3.8) is 0 Å². The number of fused-ring (bicyclic) bond motifs is 3. The summed E-state index contributed by atoms with van der Waals surface area (Å²) in [4.78, 5) is 25.4. The van der Waals surface area contributed by atoms with Gasteiger partial charge >= 0.3 is 0 Å². The number of anilines is 2. The monoisotopic (exact) mass is 295 g/mol. The van der Waals surface area contributed by atoms with E-state index in [1.807, 2.05) is 12.1 Å². The third-order valence-corrected chi connectivity index (χ3v) is 3.47. The number of hydrogen-bond donors (Lipinski definition) is 2. The van der Waals surface area contributed by atoms with Crippen LogP contribution in [0.2, 0.25) is 0 Å². The Morgan fingerprint density at radius 3 is 3.00 bits per heavy atom. The Bertz CT molecular complexity index is 517. The molecule has 2 aliphatic heterocycles. The SMILES string of the molecule is O=C1Nc2ccc(Br)cc2N2C(=O)CNCC12. The highest BCUT2D eigenvalue weighted by Crippen LogP contribution is 2.35. The van der Waals surface area contributed by atoms with Crippen LogP contribution in [0.15, 0.2) is 22.7 Å². The van der Waals surface area contributed by atoms with E-state index in [9.17, 15) is 9.59 Å². The molecule has 1 atom stereocenters. The molecule has 1 fully saturated rings. The minimum atomic E-state index is -0.446. The summed E-state index contributed by atoms with van der Waals surface area (Å²) in [5, 5.41) is 5.76. The van der Waals surface area contributed by atoms with Crippen LogP contribution in [-0.4, -0.2) is 30.9 Å². The zero-order valence-corrected chi connectivity index (χ0v) is 10.5. The van der Waals surface area contributed by atoms with Crippen molar-refractivity contribution in [3.8, 4) is 0 Å². The lowest BCUT2D eigenvalue weighted by atomic mass is 10.1. The van der Waals surface area contributed by atoms with Crippen LogP contribution in [-0.2, 0) is 9.59 Å². The summed E-state index contributed by atoms with van der Waals surface area (Å²) in [5.41, 5.74) is 1.44. The number of carbonyl (C=O) groups is 2. The van der Waals surface area contributed by atoms with E-state index >= 15 is 0 Å². The molecule has 2 amide bonds. The summed E-state index contributed by atoms with van der Waals surface area (Å²) in [6, 6.07) is 5.04. The van der Waals surface area contributed by atoms with Crippen LogP contribution < -0.4 is 15.5 Å². The van der Waals surface area contributed by atoms with E-state index in [1.54, 1.807) is 11.0 Å². The van der Waals surface area contributed by atoms with E-state index in [4.69, 9.17) is 0 Å². The second kappa shape index (κ2) is 3.82. The van der Waals surface area contributed by atoms with Crippen LogP contribution in [0.4, 0.5) is 11.4 Å². The topological polar surface area (TPSA) is 61.4 Å². The molecule has 1 unspecified atom stereocenters. The van der Waals surface area contributed by atoms with Gasteiger partial charge in [0.1, 0.15) is 6.04 Å². The van der Waals surface area contributed by atoms with E-state index in [1.165, 1.54) is 0 Å². The first-order valence-corrected chi connectivity index (χ1v) is 6.09. The number of nitrogens with one attached hydrogen (secondary N) is 2. The van der Waals surface area contributed by atoms with Gasteiger partial charge in [-0.25, -0.2) is 0 Å². The maximum Gasteiger partial charge on any atom is 0.248 e. The lowest BCUT2D eigenvalue weighted by molar-refractivity contribution is -0.124. The first-order chi connectivity index (χ1) is 8.16. The van der Waals surface area contributed by atoms with Crippen LogP contribution in [0.5, 0.6) is 0 Å². The van der Waals surface area contributed by atoms with E-state index in [0.29, 0.717) is 12.2 Å². The third kappa shape index (κ3) is 1.64. The highest BCUT2D eigenvalue weighted by Gasteiger charge is 2.39. The largest absolute Gasteiger partial charge is 0.322 e. The average Bonchev–Trinajstić information content (AvgIpc) is 2.30. The average molecular weight is 296 g/mol. The fourth-order valence-corrected chi connectivity index (χ4v) is 2.55. The molecule has 1 aromatic rings. The van der Waals surface area contributed by atoms with Gasteiger partial charge in [0.25, 0.3) is 0 Å². The number of carbonyl (C=O) groups excluding carboxylic acids is 2. The second-order valence-corrected chi connectivity index (χ2v) is 4.98. The van der Waals surface area contributed by atoms with Gasteiger partial charge in [-0.05, 0) is 18.2 Å². The summed E-state index contributed by atoms with van der Waals surface area (Å²) >= 11 is 3.38. The Morgan fingerprint density at radius 1 is 1.35 bits per heavy atom. The molecule has 0 saturated carbocycles. The molecule has 0 radical (unpaired) electrons. The quantitative estimate of drug-likeness (QED) is 0.741. The fourth-order valence-electron chi connectivity index (χ4n) is 2.20. The number of amides is 2. The lowest BCUT2D eigenvalue weighted by Crippen LogP contribution is -2.61. The molecule has 1 saturated heterocycles. The number of benzene rings is 1. The lowest BCUT2D eigenvalue weighted by Gasteiger charge is -2.39. The number of halogens is 1. The van der Waals surface area contributed by atoms with Gasteiger partial charge in [0.05, 0.1) is 17.9 Å². The van der Waals surface area contributed by atoms with Crippen molar-refractivity contribution in [2.45, 2.75) is 6.04 Å². The van der Waals surface area contributed by atoms with Gasteiger partial charge < -0.3 is 10.6 Å². The number of piperazine rings is 1. The van der Waals surface area contributed by atoms with Crippen LogP contribution in [0.25, 0.3) is 0 Å². The maximum atomic E-state index is 11.9. The molecule has 1 aromatic carbocycles. The molecule has 2 N–H and O–H groups in total. The highest BCUT2D eigenvalue weighted by atomic mass is 79.9. The minimum absolute atomic E-state index is 0.0737. The molecular formula is C11H10BrN3O2. The van der Waals surface area contributed by atoms with Crippen LogP contribution in [0.1, 0.15) is 0 Å². The third-order valence-electron chi connectivity index (χ3n) is 2.97. The molecule has 6 heteroatoms. The van der Waals surface area contributed by atoms with Gasteiger partial charge in [0, 0.05) is 11.0 Å². The van der Waals surface area contributed by atoms with Gasteiger partial charge in [0.15, 0.2) is 0 Å². The molecular weight excluding hydrogens is 286 g/mol. The maximum absolute atomic E-state index is 11.9. The highest BCUT2D eigenvalue weighted by molar-refractivity contribution is 9.10. The van der Waals surface area contributed by atoms with E-state index in [2.05, 4.69) is 26.6 Å². The summed E-state index contributed by atoms with van der Waals surface area (Å²) in [6.45, 7) is 0.763. The van der Waals surface area contributed by atoms with Crippen molar-refractivity contribution in [3.05, 3.63) is 22.7 Å². The molecule has 17 heavy (non-hydrogen) atoms. The number of rotatable bonds is 0. The zero-order valence-electron chi connectivity index (χ0n) is 8.87. The molecule has 0 aliphatic carbocycles. The minimum Gasteiger partial charge on any atom is -0.322 e. The molecule has 88 valence electrons. The number of hydrogen-bond acceptors (Lipinski definition) is 3. The van der Waals surface area contributed by atoms with Crippen molar-refractivity contribution in [1.82, 2.24) is 5.32 Å². The molecule has 5 nitrogen and oxygen atoms in total. The van der Waals surface area contributed by atoms with Crippen LogP contribution in [0.3, 0.4) is 0 Å². The molecule has 0 aromatic heterocycles. The standard InChI is InChI=1S/C11H10BrN3O2/c12-6-1-2-7-8(3-6)15-9(11(17)14-7)4-13-5-10(15)16/h1-3,9,13H,4-5H2,(H,14,17). The van der Waals surface area contributed by atoms with Crippen molar-refractivity contribution in [1.29, 1.82) is 0 Å². The molecule has 2 aliphatic rings. The molecule has 0 bridgehead atoms. The second-order valence-electron chi connectivity index (χ2n) is 4.06. The molecule has 0 spiro atoms. The van der Waals surface area contributed by atoms with Crippen molar-refractivity contribution >= 4 is 39.1 Å². The van der Waals surface area contributed by atoms with Gasteiger partial charge in [-0.1, -0.05) is 15.9 Å². The summed E-state index contributed by atoms with van der Waals surface area (Å²) in [5.74, 6) is -0.212. The predicted octanol–water partition coefficient (Wildman–Crippen LogP) is 0.706. The van der Waals surface area contributed by atoms with Gasteiger partial charge in [-0.2, -0.15) is 0 Å². The smallest absolute Gasteiger partial charge is 0.248 e. The van der Waals surface area contributed by atoms with Crippen molar-refractivity contribution in [2.75, 3.05) is 23.3 Å². The van der Waals surface area contributed by atoms with E-state index in [-0.39, 0.29) is 18.4 Å². The Labute approximate surface area is 106 Å².